The van der Waals surface area contributed by atoms with Gasteiger partial charge in [0.15, 0.2) is 0 Å². The van der Waals surface area contributed by atoms with Gasteiger partial charge in [0.2, 0.25) is 0 Å². The first-order chi connectivity index (χ1) is 7.03. The lowest BCUT2D eigenvalue weighted by atomic mass is 10.3. The molecule has 0 aromatic carbocycles. The second-order valence-corrected chi connectivity index (χ2v) is 6.58. The minimum atomic E-state index is -2.94. The zero-order valence-electron chi connectivity index (χ0n) is 9.28. The monoisotopic (exact) mass is 235 g/mol. The molecule has 0 aromatic rings. The van der Waals surface area contributed by atoms with Gasteiger partial charge in [-0.05, 0) is 25.7 Å². The van der Waals surface area contributed by atoms with Crippen LogP contribution in [-0.2, 0) is 9.84 Å². The maximum Gasteiger partial charge on any atom is 0.150 e. The van der Waals surface area contributed by atoms with E-state index >= 15 is 0 Å². The Hall–Kier alpha value is -0.130. The zero-order valence-corrected chi connectivity index (χ0v) is 10.1. The first-order valence-electron chi connectivity index (χ1n) is 5.65. The van der Waals surface area contributed by atoms with Crippen LogP contribution in [0.5, 0.6) is 0 Å². The Morgan fingerprint density at radius 1 is 1.40 bits per heavy atom. The van der Waals surface area contributed by atoms with E-state index in [0.717, 1.165) is 0 Å². The molecule has 0 aromatic heterocycles. The summed E-state index contributed by atoms with van der Waals surface area (Å²) in [7, 11) is -2.94. The lowest BCUT2D eigenvalue weighted by molar-refractivity contribution is 0.167. The van der Waals surface area contributed by atoms with Crippen molar-refractivity contribution in [2.75, 3.05) is 18.1 Å². The second-order valence-electron chi connectivity index (χ2n) is 4.28. The van der Waals surface area contributed by atoms with Gasteiger partial charge in [-0.1, -0.05) is 6.92 Å². The summed E-state index contributed by atoms with van der Waals surface area (Å²) in [5, 5.41) is 12.7. The molecule has 0 radical (unpaired) electrons. The van der Waals surface area contributed by atoms with Crippen LogP contribution in [0.3, 0.4) is 0 Å². The highest BCUT2D eigenvalue weighted by molar-refractivity contribution is 7.91. The van der Waals surface area contributed by atoms with Crippen LogP contribution in [0.25, 0.3) is 0 Å². The molecular weight excluding hydrogens is 214 g/mol. The Morgan fingerprint density at radius 3 is 2.60 bits per heavy atom. The molecule has 0 saturated heterocycles. The number of aliphatic hydroxyl groups is 1. The summed E-state index contributed by atoms with van der Waals surface area (Å²) in [5.74, 6) is 0.337. The van der Waals surface area contributed by atoms with Gasteiger partial charge in [0, 0.05) is 18.3 Å². The van der Waals surface area contributed by atoms with Crippen molar-refractivity contribution in [3.63, 3.8) is 0 Å². The Bertz CT molecular complexity index is 272. The molecular formula is C10H21NO3S. The van der Waals surface area contributed by atoms with Crippen molar-refractivity contribution < 1.29 is 13.5 Å². The summed E-state index contributed by atoms with van der Waals surface area (Å²) in [6.07, 6.45) is 2.83. The zero-order chi connectivity index (χ0) is 11.3. The summed E-state index contributed by atoms with van der Waals surface area (Å²) in [5.41, 5.74) is 0. The molecule has 15 heavy (non-hydrogen) atoms. The molecule has 1 atom stereocenters. The molecule has 1 aliphatic carbocycles. The Balaban J connectivity index is 2.11. The third kappa shape index (κ3) is 6.12. The Labute approximate surface area is 92.0 Å². The minimum absolute atomic E-state index is 0.106. The van der Waals surface area contributed by atoms with E-state index in [9.17, 15) is 13.5 Å². The van der Waals surface area contributed by atoms with Crippen LogP contribution in [0.4, 0.5) is 0 Å². The van der Waals surface area contributed by atoms with Crippen molar-refractivity contribution in [1.82, 2.24) is 5.32 Å². The maximum absolute atomic E-state index is 11.4. The van der Waals surface area contributed by atoms with Gasteiger partial charge in [-0.15, -0.1) is 0 Å². The average Bonchev–Trinajstić information content (AvgIpc) is 2.95. The van der Waals surface area contributed by atoms with E-state index in [4.69, 9.17) is 0 Å². The fourth-order valence-corrected chi connectivity index (χ4v) is 2.88. The highest BCUT2D eigenvalue weighted by atomic mass is 32.2. The van der Waals surface area contributed by atoms with Gasteiger partial charge in [-0.25, -0.2) is 8.42 Å². The second kappa shape index (κ2) is 5.82. The van der Waals surface area contributed by atoms with Crippen LogP contribution in [0, 0.1) is 0 Å². The molecule has 1 unspecified atom stereocenters. The lowest BCUT2D eigenvalue weighted by Crippen LogP contribution is -2.30. The van der Waals surface area contributed by atoms with Gasteiger partial charge >= 0.3 is 0 Å². The maximum atomic E-state index is 11.4. The number of hydrogen-bond donors (Lipinski definition) is 2. The van der Waals surface area contributed by atoms with E-state index in [1.54, 1.807) is 0 Å². The van der Waals surface area contributed by atoms with Crippen molar-refractivity contribution in [1.29, 1.82) is 0 Å². The topological polar surface area (TPSA) is 66.4 Å². The van der Waals surface area contributed by atoms with Crippen molar-refractivity contribution >= 4 is 9.84 Å². The van der Waals surface area contributed by atoms with E-state index in [1.165, 1.54) is 12.8 Å². The van der Waals surface area contributed by atoms with E-state index < -0.39 is 15.9 Å². The van der Waals surface area contributed by atoms with Gasteiger partial charge in [0.25, 0.3) is 0 Å². The third-order valence-corrected chi connectivity index (χ3v) is 4.38. The summed E-state index contributed by atoms with van der Waals surface area (Å²) in [6, 6.07) is 0.562. The molecule has 4 nitrogen and oxygen atoms in total. The van der Waals surface area contributed by atoms with E-state index in [-0.39, 0.29) is 11.5 Å². The van der Waals surface area contributed by atoms with Crippen molar-refractivity contribution in [2.24, 2.45) is 0 Å². The highest BCUT2D eigenvalue weighted by Gasteiger charge is 2.21. The number of sulfone groups is 1. The van der Waals surface area contributed by atoms with E-state index in [2.05, 4.69) is 5.32 Å². The minimum Gasteiger partial charge on any atom is -0.392 e. The summed E-state index contributed by atoms with van der Waals surface area (Å²) >= 11 is 0. The summed E-state index contributed by atoms with van der Waals surface area (Å²) < 4.78 is 22.7. The van der Waals surface area contributed by atoms with Crippen LogP contribution < -0.4 is 5.32 Å². The van der Waals surface area contributed by atoms with Crippen LogP contribution in [0.2, 0.25) is 0 Å². The summed E-state index contributed by atoms with van der Waals surface area (Å²) in [6.45, 7) is 2.37. The van der Waals surface area contributed by atoms with Gasteiger partial charge in [0.1, 0.15) is 9.84 Å². The SMILES string of the molecule is CCCS(=O)(=O)CCC(O)CNC1CC1. The average molecular weight is 235 g/mol. The largest absolute Gasteiger partial charge is 0.392 e. The molecule has 5 heteroatoms. The molecule has 0 spiro atoms. The molecule has 1 fully saturated rings. The van der Waals surface area contributed by atoms with Crippen LogP contribution in [-0.4, -0.2) is 43.7 Å². The van der Waals surface area contributed by atoms with E-state index in [1.807, 2.05) is 6.92 Å². The predicted molar refractivity (Wildman–Crippen MR) is 60.6 cm³/mol. The standard InChI is InChI=1S/C10H21NO3S/c1-2-6-15(13,14)7-5-10(12)8-11-9-3-4-9/h9-12H,2-8H2,1H3. The van der Waals surface area contributed by atoms with Gasteiger partial charge < -0.3 is 10.4 Å². The molecule has 90 valence electrons. The normalized spacial score (nSPS) is 19.1. The molecule has 0 bridgehead atoms. The Morgan fingerprint density at radius 2 is 2.07 bits per heavy atom. The van der Waals surface area contributed by atoms with Crippen LogP contribution in [0.15, 0.2) is 0 Å². The molecule has 1 saturated carbocycles. The summed E-state index contributed by atoms with van der Waals surface area (Å²) in [4.78, 5) is 0. The predicted octanol–water partition coefficient (Wildman–Crippen LogP) is 0.314. The first kappa shape index (κ1) is 12.9. The fourth-order valence-electron chi connectivity index (χ4n) is 1.42. The third-order valence-electron chi connectivity index (χ3n) is 2.50. The molecule has 0 amide bonds. The number of nitrogens with one attached hydrogen (secondary N) is 1. The van der Waals surface area contributed by atoms with Crippen molar-refractivity contribution in [2.45, 2.75) is 44.8 Å². The van der Waals surface area contributed by atoms with Crippen LogP contribution >= 0.6 is 0 Å². The molecule has 0 aliphatic heterocycles. The molecule has 1 rings (SSSR count). The van der Waals surface area contributed by atoms with E-state index in [0.29, 0.717) is 25.4 Å². The van der Waals surface area contributed by atoms with Crippen molar-refractivity contribution in [3.05, 3.63) is 0 Å². The number of aliphatic hydroxyl groups excluding tert-OH is 1. The van der Waals surface area contributed by atoms with Crippen molar-refractivity contribution in [3.8, 4) is 0 Å². The smallest absolute Gasteiger partial charge is 0.150 e. The lowest BCUT2D eigenvalue weighted by Gasteiger charge is -2.11. The van der Waals surface area contributed by atoms with Gasteiger partial charge in [-0.3, -0.25) is 0 Å². The number of rotatable bonds is 8. The first-order valence-corrected chi connectivity index (χ1v) is 7.47. The fraction of sp³-hybridized carbons (Fsp3) is 1.00. The molecule has 0 heterocycles. The molecule has 1 aliphatic rings. The molecule has 2 N–H and O–H groups in total. The Kier molecular flexibility index (Phi) is 5.02. The highest BCUT2D eigenvalue weighted by Crippen LogP contribution is 2.18. The number of hydrogen-bond acceptors (Lipinski definition) is 4. The van der Waals surface area contributed by atoms with Gasteiger partial charge in [0.05, 0.1) is 11.9 Å². The van der Waals surface area contributed by atoms with Crippen LogP contribution in [0.1, 0.15) is 32.6 Å². The quantitative estimate of drug-likeness (QED) is 0.635. The van der Waals surface area contributed by atoms with Gasteiger partial charge in [-0.2, -0.15) is 0 Å².